The minimum absolute atomic E-state index is 0.104. The van der Waals surface area contributed by atoms with E-state index in [0.29, 0.717) is 18.1 Å². The maximum absolute atomic E-state index is 12.3. The van der Waals surface area contributed by atoms with Gasteiger partial charge in [-0.25, -0.2) is 0 Å². The van der Waals surface area contributed by atoms with E-state index in [1.807, 2.05) is 12.1 Å². The molecular formula is C22H30O4. The monoisotopic (exact) mass is 358 g/mol. The first kappa shape index (κ1) is 19.1. The summed E-state index contributed by atoms with van der Waals surface area (Å²) in [6.07, 6.45) is 9.15. The maximum Gasteiger partial charge on any atom is 0.303 e. The van der Waals surface area contributed by atoms with Gasteiger partial charge >= 0.3 is 5.97 Å². The Labute approximate surface area is 155 Å². The van der Waals surface area contributed by atoms with Crippen molar-refractivity contribution in [1.82, 2.24) is 0 Å². The smallest absolute Gasteiger partial charge is 0.303 e. The van der Waals surface area contributed by atoms with Crippen LogP contribution in [0, 0.1) is 5.92 Å². The number of benzene rings is 1. The molecule has 0 saturated heterocycles. The molecule has 2 atom stereocenters. The van der Waals surface area contributed by atoms with Gasteiger partial charge in [-0.05, 0) is 55.6 Å². The summed E-state index contributed by atoms with van der Waals surface area (Å²) in [4.78, 5) is 22.9. The van der Waals surface area contributed by atoms with E-state index in [1.165, 1.54) is 5.56 Å². The normalized spacial score (nSPS) is 24.4. The molecule has 2 fully saturated rings. The highest BCUT2D eigenvalue weighted by molar-refractivity contribution is 5.84. The van der Waals surface area contributed by atoms with Crippen LogP contribution >= 0.6 is 0 Å². The topological polar surface area (TPSA) is 74.6 Å². The summed E-state index contributed by atoms with van der Waals surface area (Å²) in [5.74, 6) is 0.0481. The molecule has 0 spiro atoms. The lowest BCUT2D eigenvalue weighted by Crippen LogP contribution is -2.33. The lowest BCUT2D eigenvalue weighted by Gasteiger charge is -2.37. The fourth-order valence-electron chi connectivity index (χ4n) is 4.50. The van der Waals surface area contributed by atoms with Crippen molar-refractivity contribution in [2.45, 2.75) is 82.1 Å². The molecule has 4 heteroatoms. The van der Waals surface area contributed by atoms with Crippen molar-refractivity contribution in [3.63, 3.8) is 0 Å². The van der Waals surface area contributed by atoms with Gasteiger partial charge in [0.2, 0.25) is 0 Å². The number of carboxylic acid groups (broad SMARTS) is 1. The van der Waals surface area contributed by atoms with Gasteiger partial charge < -0.3 is 10.2 Å². The first-order valence-electron chi connectivity index (χ1n) is 10.1. The van der Waals surface area contributed by atoms with E-state index in [-0.39, 0.29) is 12.3 Å². The zero-order valence-corrected chi connectivity index (χ0v) is 15.5. The molecule has 2 aliphatic rings. The Kier molecular flexibility index (Phi) is 6.13. The van der Waals surface area contributed by atoms with E-state index in [0.717, 1.165) is 63.4 Å². The average Bonchev–Trinajstić information content (AvgIpc) is 2.96. The third-order valence-corrected chi connectivity index (χ3v) is 6.31. The van der Waals surface area contributed by atoms with Crippen LogP contribution in [-0.2, 0) is 15.2 Å². The fourth-order valence-corrected chi connectivity index (χ4v) is 4.50. The van der Waals surface area contributed by atoms with Gasteiger partial charge in [0.25, 0.3) is 0 Å². The van der Waals surface area contributed by atoms with E-state index in [4.69, 9.17) is 5.11 Å². The number of ketones is 1. The first-order valence-corrected chi connectivity index (χ1v) is 10.1. The molecule has 0 bridgehead atoms. The maximum atomic E-state index is 12.3. The van der Waals surface area contributed by atoms with E-state index < -0.39 is 11.6 Å². The van der Waals surface area contributed by atoms with Gasteiger partial charge in [0.05, 0.1) is 5.60 Å². The Morgan fingerprint density at radius 1 is 1.08 bits per heavy atom. The van der Waals surface area contributed by atoms with Crippen molar-refractivity contribution >= 4 is 11.8 Å². The molecule has 142 valence electrons. The minimum atomic E-state index is -0.731. The van der Waals surface area contributed by atoms with Gasteiger partial charge in [0, 0.05) is 18.8 Å². The molecule has 2 aliphatic carbocycles. The van der Waals surface area contributed by atoms with Crippen molar-refractivity contribution in [2.24, 2.45) is 5.92 Å². The molecule has 0 aromatic heterocycles. The largest absolute Gasteiger partial charge is 0.481 e. The number of Topliss-reactive ketones (excluding diaryl/α,β-unsaturated/α-hetero) is 1. The second-order valence-corrected chi connectivity index (χ2v) is 8.07. The van der Waals surface area contributed by atoms with Crippen molar-refractivity contribution in [3.8, 4) is 0 Å². The Hall–Kier alpha value is -1.68. The third kappa shape index (κ3) is 4.35. The molecule has 0 amide bonds. The van der Waals surface area contributed by atoms with E-state index >= 15 is 0 Å². The van der Waals surface area contributed by atoms with Crippen LogP contribution in [0.25, 0.3) is 0 Å². The summed E-state index contributed by atoms with van der Waals surface area (Å²) in [6, 6.07) is 8.30. The quantitative estimate of drug-likeness (QED) is 0.635. The minimum Gasteiger partial charge on any atom is -0.481 e. The van der Waals surface area contributed by atoms with Crippen LogP contribution in [-0.4, -0.2) is 22.0 Å². The van der Waals surface area contributed by atoms with Crippen molar-refractivity contribution < 1.29 is 19.8 Å². The van der Waals surface area contributed by atoms with Crippen LogP contribution in [0.4, 0.5) is 0 Å². The highest BCUT2D eigenvalue weighted by atomic mass is 16.4. The van der Waals surface area contributed by atoms with Crippen molar-refractivity contribution in [2.75, 3.05) is 0 Å². The summed E-state index contributed by atoms with van der Waals surface area (Å²) in [5.41, 5.74) is 1.60. The number of carbonyl (C=O) groups excluding carboxylic acids is 1. The molecular weight excluding hydrogens is 328 g/mol. The van der Waals surface area contributed by atoms with Gasteiger partial charge in [0.1, 0.15) is 5.78 Å². The Balaban J connectivity index is 1.53. The molecule has 0 radical (unpaired) electrons. The number of carboxylic acids is 1. The zero-order chi connectivity index (χ0) is 18.6. The van der Waals surface area contributed by atoms with Gasteiger partial charge in [-0.15, -0.1) is 0 Å². The second-order valence-electron chi connectivity index (χ2n) is 8.07. The fraction of sp³-hybridized carbons (Fsp3) is 0.636. The second kappa shape index (κ2) is 8.34. The lowest BCUT2D eigenvalue weighted by molar-refractivity contribution is -0.137. The predicted octanol–water partition coefficient (Wildman–Crippen LogP) is 4.55. The molecule has 2 saturated carbocycles. The van der Waals surface area contributed by atoms with Crippen molar-refractivity contribution in [1.29, 1.82) is 0 Å². The predicted molar refractivity (Wildman–Crippen MR) is 100.0 cm³/mol. The van der Waals surface area contributed by atoms with E-state index in [1.54, 1.807) is 0 Å². The highest BCUT2D eigenvalue weighted by Gasteiger charge is 2.37. The van der Waals surface area contributed by atoms with Crippen LogP contribution in [0.2, 0.25) is 0 Å². The van der Waals surface area contributed by atoms with E-state index in [9.17, 15) is 14.7 Å². The number of rotatable bonds is 9. The number of unbranched alkanes of at least 4 members (excludes halogenated alkanes) is 3. The van der Waals surface area contributed by atoms with Gasteiger partial charge in [-0.2, -0.15) is 0 Å². The summed E-state index contributed by atoms with van der Waals surface area (Å²) in [6.45, 7) is 0. The summed E-state index contributed by atoms with van der Waals surface area (Å²) < 4.78 is 0. The zero-order valence-electron chi connectivity index (χ0n) is 15.5. The van der Waals surface area contributed by atoms with Crippen LogP contribution in [0.15, 0.2) is 24.3 Å². The Bertz CT molecular complexity index is 630. The van der Waals surface area contributed by atoms with Crippen LogP contribution in [0.3, 0.4) is 0 Å². The standard InChI is InChI=1S/C22H30O4/c23-20-13-12-18(19(20)6-3-1-2-4-7-21(24)25)16-8-10-17(11-9-16)22(26)14-5-15-22/h8-11,18-19,26H,1-7,12-15H2,(H,24,25). The van der Waals surface area contributed by atoms with E-state index in [2.05, 4.69) is 12.1 Å². The average molecular weight is 358 g/mol. The highest BCUT2D eigenvalue weighted by Crippen LogP contribution is 2.43. The van der Waals surface area contributed by atoms with Crippen LogP contribution in [0.1, 0.15) is 87.7 Å². The SMILES string of the molecule is O=C(O)CCCCCCC1C(=O)CCC1c1ccc(C2(O)CCC2)cc1. The third-order valence-electron chi connectivity index (χ3n) is 6.31. The number of hydrogen-bond acceptors (Lipinski definition) is 3. The molecule has 3 rings (SSSR count). The van der Waals surface area contributed by atoms with Gasteiger partial charge in [-0.3, -0.25) is 9.59 Å². The number of carbonyl (C=O) groups is 2. The molecule has 1 aromatic carbocycles. The van der Waals surface area contributed by atoms with Crippen molar-refractivity contribution in [3.05, 3.63) is 35.4 Å². The molecule has 0 aliphatic heterocycles. The first-order chi connectivity index (χ1) is 12.5. The number of aliphatic carboxylic acids is 1. The number of aliphatic hydroxyl groups is 1. The Morgan fingerprint density at radius 2 is 1.77 bits per heavy atom. The van der Waals surface area contributed by atoms with Crippen LogP contribution in [0.5, 0.6) is 0 Å². The molecule has 2 unspecified atom stereocenters. The molecule has 0 heterocycles. The lowest BCUT2D eigenvalue weighted by atomic mass is 9.74. The Morgan fingerprint density at radius 3 is 2.38 bits per heavy atom. The van der Waals surface area contributed by atoms with Gasteiger partial charge in [-0.1, -0.05) is 43.5 Å². The van der Waals surface area contributed by atoms with Crippen LogP contribution < -0.4 is 0 Å². The molecule has 4 nitrogen and oxygen atoms in total. The summed E-state index contributed by atoms with van der Waals surface area (Å²) in [7, 11) is 0. The molecule has 2 N–H and O–H groups in total. The molecule has 1 aromatic rings. The summed E-state index contributed by atoms with van der Waals surface area (Å²) >= 11 is 0. The molecule has 26 heavy (non-hydrogen) atoms. The van der Waals surface area contributed by atoms with Gasteiger partial charge in [0.15, 0.2) is 0 Å². The summed E-state index contributed by atoms with van der Waals surface area (Å²) in [5, 5.41) is 19.1. The number of hydrogen-bond donors (Lipinski definition) is 2.